The molecule has 0 radical (unpaired) electrons. The predicted molar refractivity (Wildman–Crippen MR) is 83.7 cm³/mol. The topological polar surface area (TPSA) is 77.2 Å². The van der Waals surface area contributed by atoms with Crippen LogP contribution >= 0.6 is 0 Å². The highest BCUT2D eigenvalue weighted by Crippen LogP contribution is 2.26. The van der Waals surface area contributed by atoms with Crippen LogP contribution in [0.4, 0.5) is 11.4 Å². The number of pyridine rings is 1. The minimum absolute atomic E-state index is 0.253. The molecule has 0 atom stereocenters. The summed E-state index contributed by atoms with van der Waals surface area (Å²) in [7, 11) is 0. The van der Waals surface area contributed by atoms with Gasteiger partial charge in [0.15, 0.2) is 0 Å². The van der Waals surface area contributed by atoms with Crippen molar-refractivity contribution >= 4 is 17.3 Å². The normalized spacial score (nSPS) is 10.2. The lowest BCUT2D eigenvalue weighted by Gasteiger charge is -2.13. The van der Waals surface area contributed by atoms with Gasteiger partial charge in [-0.2, -0.15) is 0 Å². The Kier molecular flexibility index (Phi) is 4.42. The highest BCUT2D eigenvalue weighted by molar-refractivity contribution is 6.06. The first-order valence-electron chi connectivity index (χ1n) is 6.78. The molecule has 1 aromatic carbocycles. The number of rotatable bonds is 4. The maximum absolute atomic E-state index is 12.4. The van der Waals surface area contributed by atoms with Crippen LogP contribution in [-0.4, -0.2) is 17.5 Å². The number of nitrogen functional groups attached to an aromatic ring is 1. The molecule has 0 aliphatic heterocycles. The molecule has 110 valence electrons. The van der Waals surface area contributed by atoms with Crippen LogP contribution in [0.25, 0.3) is 0 Å². The molecule has 0 aliphatic rings. The highest BCUT2D eigenvalue weighted by atomic mass is 16.5. The molecule has 1 aromatic heterocycles. The van der Waals surface area contributed by atoms with Crippen LogP contribution in [0.5, 0.6) is 5.75 Å². The fraction of sp³-hybridized carbons (Fsp3) is 0.250. The second-order valence-corrected chi connectivity index (χ2v) is 4.79. The first-order chi connectivity index (χ1) is 10.0. The largest absolute Gasteiger partial charge is 0.492 e. The SMILES string of the molecule is CCOc1cc(C)ccc1NC(=O)c1cc(N)cnc1C. The smallest absolute Gasteiger partial charge is 0.257 e. The van der Waals surface area contributed by atoms with E-state index in [4.69, 9.17) is 10.5 Å². The van der Waals surface area contributed by atoms with Gasteiger partial charge in [-0.3, -0.25) is 9.78 Å². The number of anilines is 2. The average Bonchev–Trinajstić information content (AvgIpc) is 2.44. The summed E-state index contributed by atoms with van der Waals surface area (Å²) in [5.41, 5.74) is 8.94. The maximum atomic E-state index is 12.4. The van der Waals surface area contributed by atoms with Gasteiger partial charge in [0.05, 0.1) is 35.4 Å². The number of nitrogens with zero attached hydrogens (tertiary/aromatic N) is 1. The predicted octanol–water partition coefficient (Wildman–Crippen LogP) is 2.93. The number of nitrogens with one attached hydrogen (secondary N) is 1. The van der Waals surface area contributed by atoms with Crippen molar-refractivity contribution < 1.29 is 9.53 Å². The zero-order chi connectivity index (χ0) is 15.4. The molecule has 0 saturated heterocycles. The van der Waals surface area contributed by atoms with Crippen molar-refractivity contribution in [3.05, 3.63) is 47.3 Å². The number of aromatic nitrogens is 1. The van der Waals surface area contributed by atoms with E-state index in [0.29, 0.717) is 35.0 Å². The summed E-state index contributed by atoms with van der Waals surface area (Å²) in [6.07, 6.45) is 1.53. The fourth-order valence-electron chi connectivity index (χ4n) is 1.98. The van der Waals surface area contributed by atoms with E-state index in [1.165, 1.54) is 6.20 Å². The summed E-state index contributed by atoms with van der Waals surface area (Å²) in [6, 6.07) is 7.26. The van der Waals surface area contributed by atoms with Gasteiger partial charge in [-0.1, -0.05) is 6.07 Å². The second-order valence-electron chi connectivity index (χ2n) is 4.79. The fourth-order valence-corrected chi connectivity index (χ4v) is 1.98. The number of ether oxygens (including phenoxy) is 1. The molecular formula is C16H19N3O2. The van der Waals surface area contributed by atoms with Gasteiger partial charge in [0, 0.05) is 0 Å². The molecule has 1 heterocycles. The Bertz CT molecular complexity index is 669. The minimum atomic E-state index is -0.253. The molecule has 5 nitrogen and oxygen atoms in total. The van der Waals surface area contributed by atoms with Crippen LogP contribution in [-0.2, 0) is 0 Å². The molecule has 0 spiro atoms. The average molecular weight is 285 g/mol. The lowest BCUT2D eigenvalue weighted by Crippen LogP contribution is -2.15. The third-order valence-electron chi connectivity index (χ3n) is 3.04. The van der Waals surface area contributed by atoms with Crippen molar-refractivity contribution in [2.45, 2.75) is 20.8 Å². The van der Waals surface area contributed by atoms with Gasteiger partial charge >= 0.3 is 0 Å². The third-order valence-corrected chi connectivity index (χ3v) is 3.04. The van der Waals surface area contributed by atoms with Gasteiger partial charge < -0.3 is 15.8 Å². The molecule has 5 heteroatoms. The lowest BCUT2D eigenvalue weighted by atomic mass is 10.1. The van der Waals surface area contributed by atoms with Gasteiger partial charge in [-0.05, 0) is 44.5 Å². The molecule has 0 fully saturated rings. The maximum Gasteiger partial charge on any atom is 0.257 e. The monoisotopic (exact) mass is 285 g/mol. The number of aryl methyl sites for hydroxylation is 2. The quantitative estimate of drug-likeness (QED) is 0.905. The van der Waals surface area contributed by atoms with E-state index in [9.17, 15) is 4.79 Å². The van der Waals surface area contributed by atoms with E-state index < -0.39 is 0 Å². The van der Waals surface area contributed by atoms with Crippen molar-refractivity contribution in [1.29, 1.82) is 0 Å². The van der Waals surface area contributed by atoms with Crippen LogP contribution in [0.1, 0.15) is 28.5 Å². The van der Waals surface area contributed by atoms with E-state index in [2.05, 4.69) is 10.3 Å². The molecule has 0 saturated carbocycles. The Labute approximate surface area is 124 Å². The molecule has 0 bridgehead atoms. The van der Waals surface area contributed by atoms with Crippen molar-refractivity contribution in [3.8, 4) is 5.75 Å². The zero-order valence-corrected chi connectivity index (χ0v) is 12.4. The van der Waals surface area contributed by atoms with Crippen LogP contribution in [0.15, 0.2) is 30.5 Å². The second kappa shape index (κ2) is 6.26. The van der Waals surface area contributed by atoms with E-state index >= 15 is 0 Å². The molecule has 0 unspecified atom stereocenters. The Hall–Kier alpha value is -2.56. The summed E-state index contributed by atoms with van der Waals surface area (Å²) in [6.45, 7) is 6.18. The van der Waals surface area contributed by atoms with Crippen molar-refractivity contribution in [1.82, 2.24) is 4.98 Å². The summed E-state index contributed by atoms with van der Waals surface area (Å²) >= 11 is 0. The number of nitrogens with two attached hydrogens (primary N) is 1. The van der Waals surface area contributed by atoms with E-state index in [1.807, 2.05) is 32.0 Å². The van der Waals surface area contributed by atoms with Gasteiger partial charge in [0.2, 0.25) is 0 Å². The lowest BCUT2D eigenvalue weighted by molar-refractivity contribution is 0.102. The minimum Gasteiger partial charge on any atom is -0.492 e. The van der Waals surface area contributed by atoms with Crippen molar-refractivity contribution in [2.24, 2.45) is 0 Å². The molecule has 3 N–H and O–H groups in total. The van der Waals surface area contributed by atoms with Crippen LogP contribution in [0.3, 0.4) is 0 Å². The summed E-state index contributed by atoms with van der Waals surface area (Å²) < 4.78 is 5.55. The van der Waals surface area contributed by atoms with Gasteiger partial charge in [0.25, 0.3) is 5.91 Å². The number of carbonyl (C=O) groups excluding carboxylic acids is 1. The Morgan fingerprint density at radius 2 is 2.10 bits per heavy atom. The first kappa shape index (κ1) is 14.8. The first-order valence-corrected chi connectivity index (χ1v) is 6.78. The number of hydrogen-bond acceptors (Lipinski definition) is 4. The number of benzene rings is 1. The molecular weight excluding hydrogens is 266 g/mol. The Morgan fingerprint density at radius 3 is 2.81 bits per heavy atom. The van der Waals surface area contributed by atoms with E-state index in [1.54, 1.807) is 13.0 Å². The van der Waals surface area contributed by atoms with E-state index in [0.717, 1.165) is 5.56 Å². The van der Waals surface area contributed by atoms with Crippen molar-refractivity contribution in [3.63, 3.8) is 0 Å². The van der Waals surface area contributed by atoms with Crippen molar-refractivity contribution in [2.75, 3.05) is 17.7 Å². The third kappa shape index (κ3) is 3.51. The van der Waals surface area contributed by atoms with Crippen LogP contribution < -0.4 is 15.8 Å². The summed E-state index contributed by atoms with van der Waals surface area (Å²) in [5, 5.41) is 2.85. The highest BCUT2D eigenvalue weighted by Gasteiger charge is 2.13. The molecule has 0 aliphatic carbocycles. The summed E-state index contributed by atoms with van der Waals surface area (Å²) in [5.74, 6) is 0.400. The standard InChI is InChI=1S/C16H19N3O2/c1-4-21-15-7-10(2)5-6-14(15)19-16(20)13-8-12(17)9-18-11(13)3/h5-9H,4,17H2,1-3H3,(H,19,20). The number of amides is 1. The number of carbonyl (C=O) groups is 1. The molecule has 1 amide bonds. The van der Waals surface area contributed by atoms with Gasteiger partial charge in [-0.25, -0.2) is 0 Å². The van der Waals surface area contributed by atoms with Crippen LogP contribution in [0.2, 0.25) is 0 Å². The Morgan fingerprint density at radius 1 is 1.33 bits per heavy atom. The molecule has 2 rings (SSSR count). The molecule has 2 aromatic rings. The van der Waals surface area contributed by atoms with Gasteiger partial charge in [0.1, 0.15) is 5.75 Å². The van der Waals surface area contributed by atoms with Crippen LogP contribution in [0, 0.1) is 13.8 Å². The number of hydrogen-bond donors (Lipinski definition) is 2. The van der Waals surface area contributed by atoms with Gasteiger partial charge in [-0.15, -0.1) is 0 Å². The summed E-state index contributed by atoms with van der Waals surface area (Å²) in [4.78, 5) is 16.5. The Balaban J connectivity index is 2.29. The molecule has 21 heavy (non-hydrogen) atoms. The van der Waals surface area contributed by atoms with E-state index in [-0.39, 0.29) is 5.91 Å². The zero-order valence-electron chi connectivity index (χ0n) is 12.4.